The number of carboxylic acids is 1. The topological polar surface area (TPSA) is 95.5 Å². The van der Waals surface area contributed by atoms with Crippen LogP contribution in [0.4, 0.5) is 0 Å². The summed E-state index contributed by atoms with van der Waals surface area (Å²) < 4.78 is 27.7. The van der Waals surface area contributed by atoms with E-state index in [4.69, 9.17) is 5.11 Å². The van der Waals surface area contributed by atoms with Gasteiger partial charge in [-0.1, -0.05) is 13.8 Å². The smallest absolute Gasteiger partial charge is 0.324 e. The Morgan fingerprint density at radius 3 is 2.31 bits per heavy atom. The maximum Gasteiger partial charge on any atom is 0.324 e. The van der Waals surface area contributed by atoms with Gasteiger partial charge in [0.15, 0.2) is 0 Å². The van der Waals surface area contributed by atoms with Crippen LogP contribution in [0.5, 0.6) is 0 Å². The van der Waals surface area contributed by atoms with Crippen LogP contribution in [0.25, 0.3) is 0 Å². The second kappa shape index (κ2) is 4.68. The third-order valence-electron chi connectivity index (χ3n) is 2.63. The molecule has 0 heterocycles. The van der Waals surface area contributed by atoms with Crippen molar-refractivity contribution in [3.63, 3.8) is 0 Å². The van der Waals surface area contributed by atoms with Crippen molar-refractivity contribution in [3.05, 3.63) is 0 Å². The van der Waals surface area contributed by atoms with E-state index in [-0.39, 0.29) is 5.92 Å². The first-order valence-electron chi connectivity index (χ1n) is 5.29. The molecule has 16 heavy (non-hydrogen) atoms. The average Bonchev–Trinajstić information content (AvgIpc) is 2.08. The van der Waals surface area contributed by atoms with E-state index in [9.17, 15) is 13.2 Å². The lowest BCUT2D eigenvalue weighted by atomic mass is 9.78. The molecule has 1 saturated carbocycles. The standard InChI is InChI=1S/C9H18N2O4S/c1-7(2)6-10-16(14,15)11-9(8(12)13)4-3-5-9/h7,10-11H,3-6H2,1-2H3,(H,12,13). The molecule has 6 nitrogen and oxygen atoms in total. The summed E-state index contributed by atoms with van der Waals surface area (Å²) in [7, 11) is -3.72. The van der Waals surface area contributed by atoms with Crippen molar-refractivity contribution >= 4 is 16.2 Å². The molecule has 0 spiro atoms. The van der Waals surface area contributed by atoms with Gasteiger partial charge in [-0.25, -0.2) is 4.72 Å². The van der Waals surface area contributed by atoms with E-state index in [0.29, 0.717) is 19.4 Å². The highest BCUT2D eigenvalue weighted by Crippen LogP contribution is 2.32. The molecule has 94 valence electrons. The minimum atomic E-state index is -3.72. The van der Waals surface area contributed by atoms with Gasteiger partial charge in [0.2, 0.25) is 0 Å². The molecule has 1 aliphatic rings. The number of nitrogens with one attached hydrogen (secondary N) is 2. The first kappa shape index (κ1) is 13.4. The van der Waals surface area contributed by atoms with Gasteiger partial charge < -0.3 is 5.11 Å². The summed E-state index contributed by atoms with van der Waals surface area (Å²) in [6.45, 7) is 4.04. The molecule has 0 bridgehead atoms. The summed E-state index contributed by atoms with van der Waals surface area (Å²) >= 11 is 0. The van der Waals surface area contributed by atoms with E-state index in [2.05, 4.69) is 9.44 Å². The summed E-state index contributed by atoms with van der Waals surface area (Å²) in [5.74, 6) is -0.924. The molecule has 0 unspecified atom stereocenters. The van der Waals surface area contributed by atoms with Crippen LogP contribution in [0.1, 0.15) is 33.1 Å². The molecule has 0 aromatic carbocycles. The van der Waals surface area contributed by atoms with Crippen LogP contribution in [-0.2, 0) is 15.0 Å². The van der Waals surface area contributed by atoms with Crippen LogP contribution in [0.3, 0.4) is 0 Å². The Morgan fingerprint density at radius 2 is 2.00 bits per heavy atom. The maximum atomic E-state index is 11.6. The van der Waals surface area contributed by atoms with Crippen LogP contribution in [0.2, 0.25) is 0 Å². The van der Waals surface area contributed by atoms with Crippen molar-refractivity contribution < 1.29 is 18.3 Å². The number of hydrogen-bond acceptors (Lipinski definition) is 3. The van der Waals surface area contributed by atoms with E-state index < -0.39 is 21.7 Å². The number of carbonyl (C=O) groups is 1. The highest BCUT2D eigenvalue weighted by Gasteiger charge is 2.47. The minimum Gasteiger partial charge on any atom is -0.480 e. The second-order valence-electron chi connectivity index (χ2n) is 4.59. The Labute approximate surface area is 95.6 Å². The van der Waals surface area contributed by atoms with Crippen molar-refractivity contribution in [2.45, 2.75) is 38.6 Å². The van der Waals surface area contributed by atoms with Gasteiger partial charge in [-0.15, -0.1) is 0 Å². The number of rotatable bonds is 6. The summed E-state index contributed by atoms with van der Waals surface area (Å²) in [5.41, 5.74) is -1.29. The van der Waals surface area contributed by atoms with Crippen molar-refractivity contribution in [2.75, 3.05) is 6.54 Å². The molecule has 1 fully saturated rings. The minimum absolute atomic E-state index is 0.179. The Morgan fingerprint density at radius 1 is 1.44 bits per heavy atom. The molecule has 0 amide bonds. The highest BCUT2D eigenvalue weighted by atomic mass is 32.2. The highest BCUT2D eigenvalue weighted by molar-refractivity contribution is 7.87. The Balaban J connectivity index is 2.61. The number of carboxylic acid groups (broad SMARTS) is 1. The zero-order valence-electron chi connectivity index (χ0n) is 9.49. The largest absolute Gasteiger partial charge is 0.480 e. The first-order valence-corrected chi connectivity index (χ1v) is 6.78. The predicted octanol–water partition coefficient (Wildman–Crippen LogP) is 0.0737. The second-order valence-corrected chi connectivity index (χ2v) is 6.09. The lowest BCUT2D eigenvalue weighted by Gasteiger charge is -2.37. The lowest BCUT2D eigenvalue weighted by molar-refractivity contribution is -0.147. The van der Waals surface area contributed by atoms with Crippen molar-refractivity contribution in [1.82, 2.24) is 9.44 Å². The zero-order chi connectivity index (χ0) is 12.4. The van der Waals surface area contributed by atoms with Gasteiger partial charge in [0, 0.05) is 6.54 Å². The monoisotopic (exact) mass is 250 g/mol. The molecule has 0 saturated heterocycles. The molecular formula is C9H18N2O4S. The molecule has 0 aliphatic heterocycles. The van der Waals surface area contributed by atoms with Gasteiger partial charge in [-0.2, -0.15) is 13.1 Å². The fraction of sp³-hybridized carbons (Fsp3) is 0.889. The Hall–Kier alpha value is -0.660. The Bertz CT molecular complexity index is 360. The number of aliphatic carboxylic acids is 1. The van der Waals surface area contributed by atoms with Gasteiger partial charge in [0.1, 0.15) is 5.54 Å². The molecule has 1 rings (SSSR count). The lowest BCUT2D eigenvalue weighted by Crippen LogP contribution is -2.61. The normalized spacial score (nSPS) is 19.4. The van der Waals surface area contributed by atoms with Crippen LogP contribution < -0.4 is 9.44 Å². The summed E-state index contributed by atoms with van der Waals surface area (Å²) in [6.07, 6.45) is 1.44. The summed E-state index contributed by atoms with van der Waals surface area (Å²) in [4.78, 5) is 11.0. The van der Waals surface area contributed by atoms with Crippen LogP contribution in [0.15, 0.2) is 0 Å². The van der Waals surface area contributed by atoms with Crippen LogP contribution in [-0.4, -0.2) is 31.6 Å². The van der Waals surface area contributed by atoms with Gasteiger partial charge in [-0.3, -0.25) is 4.79 Å². The Kier molecular flexibility index (Phi) is 3.92. The van der Waals surface area contributed by atoms with Crippen LogP contribution in [0, 0.1) is 5.92 Å². The van der Waals surface area contributed by atoms with E-state index in [1.807, 2.05) is 13.8 Å². The molecule has 0 aromatic rings. The molecule has 3 N–H and O–H groups in total. The van der Waals surface area contributed by atoms with Crippen LogP contribution >= 0.6 is 0 Å². The van der Waals surface area contributed by atoms with E-state index in [1.165, 1.54) is 0 Å². The fourth-order valence-electron chi connectivity index (χ4n) is 1.46. The van der Waals surface area contributed by atoms with E-state index in [0.717, 1.165) is 6.42 Å². The summed E-state index contributed by atoms with van der Waals surface area (Å²) in [5, 5.41) is 8.97. The fourth-order valence-corrected chi connectivity index (χ4v) is 2.89. The van der Waals surface area contributed by atoms with Gasteiger partial charge in [0.05, 0.1) is 0 Å². The molecule has 7 heteroatoms. The van der Waals surface area contributed by atoms with Crippen molar-refractivity contribution in [3.8, 4) is 0 Å². The molecule has 0 radical (unpaired) electrons. The third kappa shape index (κ3) is 3.16. The van der Waals surface area contributed by atoms with Crippen molar-refractivity contribution in [2.24, 2.45) is 5.92 Å². The molecule has 1 aliphatic carbocycles. The maximum absolute atomic E-state index is 11.6. The quantitative estimate of drug-likeness (QED) is 0.622. The molecular weight excluding hydrogens is 232 g/mol. The predicted molar refractivity (Wildman–Crippen MR) is 59.1 cm³/mol. The van der Waals surface area contributed by atoms with Gasteiger partial charge >= 0.3 is 5.97 Å². The van der Waals surface area contributed by atoms with Crippen molar-refractivity contribution in [1.29, 1.82) is 0 Å². The first-order chi connectivity index (χ1) is 7.27. The molecule has 0 atom stereocenters. The van der Waals surface area contributed by atoms with Gasteiger partial charge in [-0.05, 0) is 25.2 Å². The van der Waals surface area contributed by atoms with E-state index >= 15 is 0 Å². The zero-order valence-corrected chi connectivity index (χ0v) is 10.3. The summed E-state index contributed by atoms with van der Waals surface area (Å²) in [6, 6.07) is 0. The van der Waals surface area contributed by atoms with Gasteiger partial charge in [0.25, 0.3) is 10.2 Å². The van der Waals surface area contributed by atoms with E-state index in [1.54, 1.807) is 0 Å². The average molecular weight is 250 g/mol. The molecule has 0 aromatic heterocycles. The number of hydrogen-bond donors (Lipinski definition) is 3. The SMILES string of the molecule is CC(C)CNS(=O)(=O)NC1(C(=O)O)CCC1. The third-order valence-corrected chi connectivity index (χ3v) is 3.83.